The molecule has 9 heteroatoms. The van der Waals surface area contributed by atoms with E-state index in [2.05, 4.69) is 14.9 Å². The van der Waals surface area contributed by atoms with Gasteiger partial charge in [0, 0.05) is 36.6 Å². The molecule has 1 aliphatic heterocycles. The van der Waals surface area contributed by atoms with Crippen LogP contribution in [0.15, 0.2) is 67.0 Å². The number of ether oxygens (including phenoxy) is 1. The molecule has 3 aromatic heterocycles. The average Bonchev–Trinajstić information content (AvgIpc) is 3.28. The Hall–Kier alpha value is -4.01. The summed E-state index contributed by atoms with van der Waals surface area (Å²) >= 11 is 6.46. The van der Waals surface area contributed by atoms with Gasteiger partial charge in [-0.25, -0.2) is 9.78 Å². The van der Waals surface area contributed by atoms with Gasteiger partial charge in [-0.2, -0.15) is 0 Å². The molecule has 6 rings (SSSR count). The monoisotopic (exact) mass is 485 g/mol. The zero-order chi connectivity index (χ0) is 23.9. The number of anilines is 1. The molecule has 35 heavy (non-hydrogen) atoms. The standard InChI is InChI=1S/C26H20ClN5O3/c27-19-5-3-4-17-21(7-9-29-23(17)19)32-22-15-16(31-10-12-35-13-11-31)14-18(26(33)34)24(22)30-25(32)20-6-1-2-8-28-20/h1-9,14-15H,10-13H2,(H,33,34). The normalized spacial score (nSPS) is 14.0. The third-order valence-corrected chi connectivity index (χ3v) is 6.49. The van der Waals surface area contributed by atoms with Gasteiger partial charge < -0.3 is 14.7 Å². The molecular formula is C26H20ClN5O3. The predicted molar refractivity (Wildman–Crippen MR) is 135 cm³/mol. The molecule has 2 aromatic carbocycles. The molecule has 4 heterocycles. The van der Waals surface area contributed by atoms with Gasteiger partial charge in [-0.15, -0.1) is 0 Å². The van der Waals surface area contributed by atoms with E-state index in [-0.39, 0.29) is 5.56 Å². The summed E-state index contributed by atoms with van der Waals surface area (Å²) in [6.07, 6.45) is 3.39. The SMILES string of the molecule is O=C(O)c1cc(N2CCOCC2)cc2c1nc(-c1ccccn1)n2-c1ccnc2c(Cl)cccc12. The van der Waals surface area contributed by atoms with Crippen LogP contribution in [-0.2, 0) is 4.74 Å². The van der Waals surface area contributed by atoms with Crippen molar-refractivity contribution in [3.8, 4) is 17.2 Å². The van der Waals surface area contributed by atoms with E-state index >= 15 is 0 Å². The number of aromatic carboxylic acids is 1. The Balaban J connectivity index is 1.72. The molecule has 0 saturated carbocycles. The van der Waals surface area contributed by atoms with Crippen LogP contribution in [0.1, 0.15) is 10.4 Å². The Labute approximate surface area is 205 Å². The number of fused-ring (bicyclic) bond motifs is 2. The van der Waals surface area contributed by atoms with Crippen molar-refractivity contribution in [3.63, 3.8) is 0 Å². The Morgan fingerprint density at radius 1 is 0.971 bits per heavy atom. The third kappa shape index (κ3) is 3.67. The van der Waals surface area contributed by atoms with Gasteiger partial charge >= 0.3 is 5.97 Å². The quantitative estimate of drug-likeness (QED) is 0.390. The number of rotatable bonds is 4. The number of morpholine rings is 1. The first-order valence-electron chi connectivity index (χ1n) is 11.2. The summed E-state index contributed by atoms with van der Waals surface area (Å²) in [5, 5.41) is 11.5. The van der Waals surface area contributed by atoms with Crippen LogP contribution in [0.4, 0.5) is 5.69 Å². The van der Waals surface area contributed by atoms with Crippen LogP contribution >= 0.6 is 11.6 Å². The first-order chi connectivity index (χ1) is 17.1. The van der Waals surface area contributed by atoms with Crippen molar-refractivity contribution in [1.29, 1.82) is 0 Å². The Bertz CT molecular complexity index is 1580. The van der Waals surface area contributed by atoms with E-state index in [1.807, 2.05) is 47.0 Å². The van der Waals surface area contributed by atoms with Crippen molar-refractivity contribution in [2.45, 2.75) is 0 Å². The van der Waals surface area contributed by atoms with Gasteiger partial charge in [0.25, 0.3) is 0 Å². The Kier molecular flexibility index (Phi) is 5.32. The Morgan fingerprint density at radius 3 is 2.60 bits per heavy atom. The smallest absolute Gasteiger partial charge is 0.338 e. The second-order valence-electron chi connectivity index (χ2n) is 8.22. The van der Waals surface area contributed by atoms with E-state index in [9.17, 15) is 9.90 Å². The summed E-state index contributed by atoms with van der Waals surface area (Å²) in [7, 11) is 0. The fraction of sp³-hybridized carbons (Fsp3) is 0.154. The van der Waals surface area contributed by atoms with E-state index < -0.39 is 5.97 Å². The summed E-state index contributed by atoms with van der Waals surface area (Å²) < 4.78 is 7.45. The molecule has 0 radical (unpaired) electrons. The van der Waals surface area contributed by atoms with E-state index in [4.69, 9.17) is 21.3 Å². The highest BCUT2D eigenvalue weighted by Crippen LogP contribution is 2.36. The van der Waals surface area contributed by atoms with Crippen LogP contribution in [-0.4, -0.2) is 56.9 Å². The molecule has 0 unspecified atom stereocenters. The highest BCUT2D eigenvalue weighted by molar-refractivity contribution is 6.35. The first-order valence-corrected chi connectivity index (χ1v) is 11.6. The number of aromatic nitrogens is 4. The molecule has 0 bridgehead atoms. The van der Waals surface area contributed by atoms with Crippen molar-refractivity contribution in [2.24, 2.45) is 0 Å². The molecule has 0 amide bonds. The molecule has 1 N–H and O–H groups in total. The van der Waals surface area contributed by atoms with E-state index in [0.717, 1.165) is 16.8 Å². The molecule has 1 saturated heterocycles. The molecule has 8 nitrogen and oxygen atoms in total. The average molecular weight is 486 g/mol. The largest absolute Gasteiger partial charge is 0.478 e. The molecule has 0 aliphatic carbocycles. The van der Waals surface area contributed by atoms with Crippen LogP contribution < -0.4 is 4.90 Å². The van der Waals surface area contributed by atoms with E-state index in [1.54, 1.807) is 24.5 Å². The van der Waals surface area contributed by atoms with Crippen LogP contribution in [0.25, 0.3) is 39.1 Å². The minimum absolute atomic E-state index is 0.135. The van der Waals surface area contributed by atoms with Gasteiger partial charge in [-0.05, 0) is 36.4 Å². The Morgan fingerprint density at radius 2 is 1.83 bits per heavy atom. The fourth-order valence-corrected chi connectivity index (χ4v) is 4.78. The van der Waals surface area contributed by atoms with Crippen LogP contribution in [0.5, 0.6) is 0 Å². The molecule has 0 spiro atoms. The van der Waals surface area contributed by atoms with Gasteiger partial charge in [-0.1, -0.05) is 29.8 Å². The number of hydrogen-bond donors (Lipinski definition) is 1. The van der Waals surface area contributed by atoms with Crippen molar-refractivity contribution in [3.05, 3.63) is 77.6 Å². The summed E-state index contributed by atoms with van der Waals surface area (Å²) in [6, 6.07) is 16.7. The molecule has 174 valence electrons. The van der Waals surface area contributed by atoms with E-state index in [0.29, 0.717) is 59.4 Å². The van der Waals surface area contributed by atoms with Gasteiger partial charge in [0.05, 0.1) is 40.5 Å². The highest BCUT2D eigenvalue weighted by Gasteiger charge is 2.24. The summed E-state index contributed by atoms with van der Waals surface area (Å²) in [4.78, 5) is 28.3. The lowest BCUT2D eigenvalue weighted by Crippen LogP contribution is -2.36. The number of hydrogen-bond acceptors (Lipinski definition) is 6. The van der Waals surface area contributed by atoms with Crippen LogP contribution in [0, 0.1) is 0 Å². The van der Waals surface area contributed by atoms with Gasteiger partial charge in [-0.3, -0.25) is 14.5 Å². The number of imidazole rings is 1. The molecular weight excluding hydrogens is 466 g/mol. The minimum atomic E-state index is -1.04. The van der Waals surface area contributed by atoms with Crippen molar-refractivity contribution < 1.29 is 14.6 Å². The number of nitrogens with zero attached hydrogens (tertiary/aromatic N) is 5. The van der Waals surface area contributed by atoms with Gasteiger partial charge in [0.1, 0.15) is 11.2 Å². The van der Waals surface area contributed by atoms with E-state index in [1.165, 1.54) is 0 Å². The number of halogens is 1. The predicted octanol–water partition coefficient (Wildman–Crippen LogP) is 4.82. The topological polar surface area (TPSA) is 93.4 Å². The molecule has 5 aromatic rings. The maximum Gasteiger partial charge on any atom is 0.338 e. The summed E-state index contributed by atoms with van der Waals surface area (Å²) in [5.41, 5.74) is 4.07. The van der Waals surface area contributed by atoms with Crippen LogP contribution in [0.2, 0.25) is 5.02 Å². The minimum Gasteiger partial charge on any atom is -0.478 e. The number of benzene rings is 2. The maximum atomic E-state index is 12.4. The number of para-hydroxylation sites is 1. The van der Waals surface area contributed by atoms with Crippen molar-refractivity contribution in [1.82, 2.24) is 19.5 Å². The zero-order valence-corrected chi connectivity index (χ0v) is 19.3. The van der Waals surface area contributed by atoms with Gasteiger partial charge in [0.2, 0.25) is 0 Å². The molecule has 1 fully saturated rings. The third-order valence-electron chi connectivity index (χ3n) is 6.19. The lowest BCUT2D eigenvalue weighted by Gasteiger charge is -2.29. The fourth-order valence-electron chi connectivity index (χ4n) is 4.56. The highest BCUT2D eigenvalue weighted by atomic mass is 35.5. The number of carboxylic acids is 1. The lowest BCUT2D eigenvalue weighted by molar-refractivity contribution is 0.0699. The second-order valence-corrected chi connectivity index (χ2v) is 8.62. The number of carbonyl (C=O) groups is 1. The lowest BCUT2D eigenvalue weighted by atomic mass is 10.1. The second kappa shape index (κ2) is 8.65. The van der Waals surface area contributed by atoms with Crippen molar-refractivity contribution >= 4 is 45.2 Å². The molecule has 0 atom stereocenters. The van der Waals surface area contributed by atoms with Gasteiger partial charge in [0.15, 0.2) is 5.82 Å². The molecule has 1 aliphatic rings. The van der Waals surface area contributed by atoms with Crippen molar-refractivity contribution in [2.75, 3.05) is 31.2 Å². The first kappa shape index (κ1) is 21.5. The number of carboxylic acid groups (broad SMARTS) is 1. The maximum absolute atomic E-state index is 12.4. The number of pyridine rings is 2. The zero-order valence-electron chi connectivity index (χ0n) is 18.6. The summed E-state index contributed by atoms with van der Waals surface area (Å²) in [5.74, 6) is -0.500. The summed E-state index contributed by atoms with van der Waals surface area (Å²) in [6.45, 7) is 2.54. The van der Waals surface area contributed by atoms with Crippen LogP contribution in [0.3, 0.4) is 0 Å².